The monoisotopic (exact) mass is 430 g/mol. The van der Waals surface area contributed by atoms with Crippen LogP contribution in [0.1, 0.15) is 24.3 Å². The van der Waals surface area contributed by atoms with Gasteiger partial charge in [0.25, 0.3) is 0 Å². The van der Waals surface area contributed by atoms with Crippen LogP contribution in [0.5, 0.6) is 5.75 Å². The minimum Gasteiger partial charge on any atom is -0.435 e. The predicted octanol–water partition coefficient (Wildman–Crippen LogP) is 3.73. The van der Waals surface area contributed by atoms with Crippen molar-refractivity contribution in [3.63, 3.8) is 0 Å². The summed E-state index contributed by atoms with van der Waals surface area (Å²) in [6, 6.07) is 17.3. The maximum atomic E-state index is 12.2. The summed E-state index contributed by atoms with van der Waals surface area (Å²) in [4.78, 5) is 4.46. The Hall–Kier alpha value is -3.46. The summed E-state index contributed by atoms with van der Waals surface area (Å²) < 4.78 is 34.2. The highest BCUT2D eigenvalue weighted by Crippen LogP contribution is 2.20. The number of halogens is 2. The molecule has 1 heterocycles. The molecular weight excluding hydrogens is 406 g/mol. The van der Waals surface area contributed by atoms with E-state index in [1.807, 2.05) is 43.3 Å². The minimum atomic E-state index is -2.88. The normalized spacial score (nSPS) is 12.6. The molecule has 1 unspecified atom stereocenters. The first-order valence-electron chi connectivity index (χ1n) is 9.81. The first-order chi connectivity index (χ1) is 15.0. The van der Waals surface area contributed by atoms with Gasteiger partial charge in [0.15, 0.2) is 11.7 Å². The van der Waals surface area contributed by atoms with Crippen LogP contribution in [0.4, 0.5) is 8.78 Å². The van der Waals surface area contributed by atoms with Gasteiger partial charge in [-0.3, -0.25) is 0 Å². The second-order valence-electron chi connectivity index (χ2n) is 6.59. The zero-order valence-corrected chi connectivity index (χ0v) is 17.0. The summed E-state index contributed by atoms with van der Waals surface area (Å²) >= 11 is 0. The Kier molecular flexibility index (Phi) is 7.94. The average Bonchev–Trinajstić information content (AvgIpc) is 3.25. The molecule has 0 amide bonds. The summed E-state index contributed by atoms with van der Waals surface area (Å²) in [5.41, 5.74) is 2.17. The van der Waals surface area contributed by atoms with Crippen molar-refractivity contribution in [2.75, 3.05) is 13.1 Å². The van der Waals surface area contributed by atoms with Crippen LogP contribution in [0.3, 0.4) is 0 Å². The molecule has 0 saturated heterocycles. The van der Waals surface area contributed by atoms with Gasteiger partial charge in [0.05, 0.1) is 12.6 Å². The zero-order chi connectivity index (χ0) is 22.1. The van der Waals surface area contributed by atoms with Crippen LogP contribution in [-0.2, 0) is 6.54 Å². The Balaban J connectivity index is 1.56. The zero-order valence-electron chi connectivity index (χ0n) is 17.0. The minimum absolute atomic E-state index is 0.0382. The van der Waals surface area contributed by atoms with Gasteiger partial charge >= 0.3 is 6.61 Å². The number of benzene rings is 2. The number of hydrogen-bond acceptors (Lipinski definition) is 5. The van der Waals surface area contributed by atoms with Crippen molar-refractivity contribution >= 4 is 5.96 Å². The number of nitrogens with zero attached hydrogens (tertiary/aromatic N) is 2. The maximum absolute atomic E-state index is 12.2. The van der Waals surface area contributed by atoms with E-state index in [4.69, 9.17) is 4.52 Å². The lowest BCUT2D eigenvalue weighted by molar-refractivity contribution is -0.0498. The van der Waals surface area contributed by atoms with Gasteiger partial charge in [-0.25, -0.2) is 4.99 Å². The van der Waals surface area contributed by atoms with Crippen LogP contribution < -0.4 is 15.4 Å². The van der Waals surface area contributed by atoms with Crippen molar-refractivity contribution < 1.29 is 23.1 Å². The van der Waals surface area contributed by atoms with E-state index in [1.54, 1.807) is 0 Å². The highest BCUT2D eigenvalue weighted by molar-refractivity contribution is 5.79. The molecule has 0 aliphatic heterocycles. The number of ether oxygens (including phenoxy) is 1. The first kappa shape index (κ1) is 22.2. The molecule has 0 spiro atoms. The molecule has 1 aromatic heterocycles. The van der Waals surface area contributed by atoms with Crippen LogP contribution in [0.2, 0.25) is 0 Å². The lowest BCUT2D eigenvalue weighted by Crippen LogP contribution is -2.39. The smallest absolute Gasteiger partial charge is 0.387 e. The van der Waals surface area contributed by atoms with E-state index in [1.165, 1.54) is 24.3 Å². The van der Waals surface area contributed by atoms with Gasteiger partial charge in [-0.2, -0.15) is 8.78 Å². The standard InChI is InChI=1S/C22H24F2N4O3/c1-2-25-22(26-13-17-12-20(31-28-17)16-6-4-3-5-7-16)27-14-19(29)15-8-10-18(11-9-15)30-21(23)24/h3-12,19,21,29H,2,13-14H2,1H3,(H2,25,26,27). The SMILES string of the molecule is CCNC(=NCc1cc(-c2ccccc2)on1)NCC(O)c1ccc(OC(F)F)cc1. The van der Waals surface area contributed by atoms with Crippen LogP contribution in [0.25, 0.3) is 11.3 Å². The van der Waals surface area contributed by atoms with Crippen molar-refractivity contribution in [1.29, 1.82) is 0 Å². The Bertz CT molecular complexity index is 962. The molecule has 9 heteroatoms. The van der Waals surface area contributed by atoms with Crippen LogP contribution in [-0.4, -0.2) is 35.9 Å². The van der Waals surface area contributed by atoms with Crippen molar-refractivity contribution in [3.8, 4) is 17.1 Å². The Morgan fingerprint density at radius 3 is 2.55 bits per heavy atom. The molecule has 0 saturated carbocycles. The van der Waals surface area contributed by atoms with Gasteiger partial charge in [0.2, 0.25) is 0 Å². The quantitative estimate of drug-likeness (QED) is 0.354. The molecular formula is C22H24F2N4O3. The van der Waals surface area contributed by atoms with Crippen molar-refractivity contribution in [3.05, 3.63) is 71.9 Å². The Labute approximate surface area is 178 Å². The number of nitrogens with one attached hydrogen (secondary N) is 2. The summed E-state index contributed by atoms with van der Waals surface area (Å²) in [5, 5.41) is 20.6. The molecule has 3 N–H and O–H groups in total. The second kappa shape index (κ2) is 11.1. The summed E-state index contributed by atoms with van der Waals surface area (Å²) in [6.07, 6.45) is -0.860. The molecule has 3 aromatic rings. The van der Waals surface area contributed by atoms with E-state index >= 15 is 0 Å². The molecule has 0 fully saturated rings. The predicted molar refractivity (Wildman–Crippen MR) is 113 cm³/mol. The molecule has 0 bridgehead atoms. The Morgan fingerprint density at radius 2 is 1.87 bits per heavy atom. The van der Waals surface area contributed by atoms with Crippen LogP contribution >= 0.6 is 0 Å². The third-order valence-corrected chi connectivity index (χ3v) is 4.31. The van der Waals surface area contributed by atoms with E-state index in [0.717, 1.165) is 5.56 Å². The average molecular weight is 430 g/mol. The fourth-order valence-corrected chi connectivity index (χ4v) is 2.81. The van der Waals surface area contributed by atoms with E-state index in [-0.39, 0.29) is 12.3 Å². The fraction of sp³-hybridized carbons (Fsp3) is 0.273. The van der Waals surface area contributed by atoms with Gasteiger partial charge in [0, 0.05) is 24.7 Å². The number of guanidine groups is 1. The Morgan fingerprint density at radius 1 is 1.13 bits per heavy atom. The molecule has 0 aliphatic carbocycles. The van der Waals surface area contributed by atoms with Crippen LogP contribution in [0, 0.1) is 0 Å². The number of aliphatic hydroxyl groups excluding tert-OH is 1. The second-order valence-corrected chi connectivity index (χ2v) is 6.59. The summed E-state index contributed by atoms with van der Waals surface area (Å²) in [6.45, 7) is 0.148. The lowest BCUT2D eigenvalue weighted by Gasteiger charge is -2.16. The maximum Gasteiger partial charge on any atom is 0.387 e. The molecule has 2 aromatic carbocycles. The highest BCUT2D eigenvalue weighted by atomic mass is 19.3. The van der Waals surface area contributed by atoms with Gasteiger partial charge in [-0.05, 0) is 24.6 Å². The third kappa shape index (κ3) is 6.78. The molecule has 0 radical (unpaired) electrons. The van der Waals surface area contributed by atoms with Gasteiger partial charge < -0.3 is 25.0 Å². The molecule has 164 valence electrons. The topological polar surface area (TPSA) is 91.9 Å². The van der Waals surface area contributed by atoms with Gasteiger partial charge in [-0.1, -0.05) is 47.6 Å². The van der Waals surface area contributed by atoms with Crippen molar-refractivity contribution in [1.82, 2.24) is 15.8 Å². The van der Waals surface area contributed by atoms with Crippen molar-refractivity contribution in [2.45, 2.75) is 26.2 Å². The first-order valence-corrected chi connectivity index (χ1v) is 9.81. The number of aliphatic imine (C=N–C) groups is 1. The summed E-state index contributed by atoms with van der Waals surface area (Å²) in [5.74, 6) is 1.21. The van der Waals surface area contributed by atoms with Crippen molar-refractivity contribution in [2.24, 2.45) is 4.99 Å². The largest absolute Gasteiger partial charge is 0.435 e. The van der Waals surface area contributed by atoms with Crippen LogP contribution in [0.15, 0.2) is 70.2 Å². The number of aromatic nitrogens is 1. The van der Waals surface area contributed by atoms with Gasteiger partial charge in [-0.15, -0.1) is 0 Å². The van der Waals surface area contributed by atoms with E-state index in [9.17, 15) is 13.9 Å². The van der Waals surface area contributed by atoms with Gasteiger partial charge in [0.1, 0.15) is 11.4 Å². The van der Waals surface area contributed by atoms with E-state index in [2.05, 4.69) is 25.5 Å². The number of rotatable bonds is 9. The third-order valence-electron chi connectivity index (χ3n) is 4.31. The number of alkyl halides is 2. The molecule has 31 heavy (non-hydrogen) atoms. The van der Waals surface area contributed by atoms with E-state index < -0.39 is 12.7 Å². The fourth-order valence-electron chi connectivity index (χ4n) is 2.81. The molecule has 0 aliphatic rings. The number of hydrogen-bond donors (Lipinski definition) is 3. The number of aliphatic hydroxyl groups is 1. The van der Waals surface area contributed by atoms with E-state index in [0.29, 0.717) is 36.1 Å². The molecule has 1 atom stereocenters. The molecule has 3 rings (SSSR count). The molecule has 7 nitrogen and oxygen atoms in total. The summed E-state index contributed by atoms with van der Waals surface area (Å²) in [7, 11) is 0. The highest BCUT2D eigenvalue weighted by Gasteiger charge is 2.11. The lowest BCUT2D eigenvalue weighted by atomic mass is 10.1.